The lowest BCUT2D eigenvalue weighted by atomic mass is 10.2. The van der Waals surface area contributed by atoms with Gasteiger partial charge < -0.3 is 0 Å². The van der Waals surface area contributed by atoms with E-state index in [-0.39, 0.29) is 11.4 Å². The summed E-state index contributed by atoms with van der Waals surface area (Å²) in [6.45, 7) is 0. The second-order valence-electron chi connectivity index (χ2n) is 6.78. The Kier molecular flexibility index (Phi) is 7.13. The number of thiophene rings is 2. The van der Waals surface area contributed by atoms with Crippen LogP contribution in [0, 0.1) is 20.2 Å². The van der Waals surface area contributed by atoms with Gasteiger partial charge in [0.2, 0.25) is 0 Å². The predicted molar refractivity (Wildman–Crippen MR) is 137 cm³/mol. The van der Waals surface area contributed by atoms with Crippen molar-refractivity contribution in [3.8, 4) is 0 Å². The van der Waals surface area contributed by atoms with Gasteiger partial charge in [0.05, 0.1) is 18.3 Å². The van der Waals surface area contributed by atoms with Crippen LogP contribution in [-0.2, 0) is 0 Å². The molecule has 0 aliphatic heterocycles. The molecule has 0 atom stereocenters. The van der Waals surface area contributed by atoms with Gasteiger partial charge in [0.15, 0.2) is 0 Å². The lowest BCUT2D eigenvalue weighted by Crippen LogP contribution is -1.86. The molecule has 0 saturated heterocycles. The minimum absolute atomic E-state index is 0.0832. The van der Waals surface area contributed by atoms with Crippen molar-refractivity contribution >= 4 is 70.1 Å². The molecule has 2 aromatic carbocycles. The molecule has 6 nitrogen and oxygen atoms in total. The van der Waals surface area contributed by atoms with E-state index in [2.05, 4.69) is 24.3 Å². The van der Waals surface area contributed by atoms with E-state index in [1.54, 1.807) is 58.7 Å². The van der Waals surface area contributed by atoms with Crippen molar-refractivity contribution < 1.29 is 9.85 Å². The average molecular weight is 493 g/mol. The third-order valence-corrected chi connectivity index (χ3v) is 7.86. The van der Waals surface area contributed by atoms with Gasteiger partial charge in [0.25, 0.3) is 11.4 Å². The van der Waals surface area contributed by atoms with E-state index in [4.69, 9.17) is 0 Å². The van der Waals surface area contributed by atoms with Gasteiger partial charge in [-0.2, -0.15) is 0 Å². The maximum atomic E-state index is 10.7. The van der Waals surface area contributed by atoms with Crippen molar-refractivity contribution in [1.82, 2.24) is 0 Å². The van der Waals surface area contributed by atoms with E-state index in [9.17, 15) is 20.2 Å². The molecule has 0 amide bonds. The summed E-state index contributed by atoms with van der Waals surface area (Å²) in [5, 5.41) is 21.5. The highest BCUT2D eigenvalue weighted by Gasteiger charge is 2.06. The molecule has 33 heavy (non-hydrogen) atoms. The minimum Gasteiger partial charge on any atom is -0.258 e. The summed E-state index contributed by atoms with van der Waals surface area (Å²) in [4.78, 5) is 22.9. The van der Waals surface area contributed by atoms with Crippen molar-refractivity contribution in [2.75, 3.05) is 0 Å². The number of benzene rings is 2. The van der Waals surface area contributed by atoms with E-state index in [0.29, 0.717) is 0 Å². The molecule has 4 rings (SSSR count). The van der Waals surface area contributed by atoms with Crippen molar-refractivity contribution in [1.29, 1.82) is 0 Å². The fourth-order valence-corrected chi connectivity index (χ4v) is 6.19. The molecule has 9 heteroatoms. The zero-order valence-corrected chi connectivity index (χ0v) is 19.4. The molecular formula is C24H16N2O4S3. The van der Waals surface area contributed by atoms with Crippen LogP contribution in [-0.4, -0.2) is 9.85 Å². The first-order chi connectivity index (χ1) is 16.0. The van der Waals surface area contributed by atoms with Gasteiger partial charge in [-0.15, -0.1) is 22.7 Å². The van der Waals surface area contributed by atoms with Crippen molar-refractivity contribution in [3.63, 3.8) is 0 Å². The summed E-state index contributed by atoms with van der Waals surface area (Å²) in [5.74, 6) is 0. The van der Waals surface area contributed by atoms with Crippen LogP contribution < -0.4 is 0 Å². The Morgan fingerprint density at radius 2 is 0.970 bits per heavy atom. The number of non-ortho nitro benzene ring substituents is 2. The maximum Gasteiger partial charge on any atom is 0.269 e. The fraction of sp³-hybridized carbons (Fsp3) is 0. The second kappa shape index (κ2) is 10.4. The first-order valence-corrected chi connectivity index (χ1v) is 12.1. The van der Waals surface area contributed by atoms with Gasteiger partial charge >= 0.3 is 0 Å². The minimum atomic E-state index is -0.405. The molecule has 2 aromatic heterocycles. The molecule has 0 saturated carbocycles. The number of hydrogen-bond acceptors (Lipinski definition) is 7. The van der Waals surface area contributed by atoms with E-state index in [1.165, 1.54) is 32.7 Å². The van der Waals surface area contributed by atoms with Gasteiger partial charge in [-0.25, -0.2) is 0 Å². The summed E-state index contributed by atoms with van der Waals surface area (Å²) >= 11 is 5.06. The summed E-state index contributed by atoms with van der Waals surface area (Å²) < 4.78 is 2.34. The standard InChI is InChI=1S/C24H16N2O4S3/c27-25(28)19-7-1-17(2-8-19)5-11-21-13-15-23(31-21)33-24-16-14-22(32-24)12-6-18-3-9-20(10-4-18)26(29)30/h1-16H/b11-5+,12-6+. The normalized spacial score (nSPS) is 11.4. The third-order valence-electron chi connectivity index (χ3n) is 4.49. The molecule has 2 heterocycles. The number of rotatable bonds is 8. The molecule has 4 aromatic rings. The van der Waals surface area contributed by atoms with Gasteiger partial charge in [-0.05, 0) is 71.8 Å². The van der Waals surface area contributed by atoms with Crippen LogP contribution in [0.5, 0.6) is 0 Å². The van der Waals surface area contributed by atoms with Gasteiger partial charge in [0.1, 0.15) is 0 Å². The van der Waals surface area contributed by atoms with Crippen LogP contribution in [0.4, 0.5) is 11.4 Å². The summed E-state index contributed by atoms with van der Waals surface area (Å²) in [7, 11) is 0. The molecule has 0 spiro atoms. The quantitative estimate of drug-likeness (QED) is 0.183. The van der Waals surface area contributed by atoms with Crippen LogP contribution in [0.2, 0.25) is 0 Å². The highest BCUT2D eigenvalue weighted by Crippen LogP contribution is 2.38. The lowest BCUT2D eigenvalue weighted by Gasteiger charge is -1.94. The number of nitro benzene ring substituents is 2. The van der Waals surface area contributed by atoms with Crippen molar-refractivity contribution in [2.24, 2.45) is 0 Å². The Bertz CT molecular complexity index is 1230. The molecular weight excluding hydrogens is 476 g/mol. The predicted octanol–water partition coefficient (Wildman–Crippen LogP) is 8.12. The average Bonchev–Trinajstić information content (AvgIpc) is 3.46. The molecule has 0 unspecified atom stereocenters. The maximum absolute atomic E-state index is 10.7. The van der Waals surface area contributed by atoms with Crippen molar-refractivity contribution in [2.45, 2.75) is 8.42 Å². The van der Waals surface area contributed by atoms with E-state index >= 15 is 0 Å². The molecule has 0 N–H and O–H groups in total. The first-order valence-electron chi connectivity index (χ1n) is 9.69. The monoisotopic (exact) mass is 492 g/mol. The summed E-state index contributed by atoms with van der Waals surface area (Å²) in [6, 6.07) is 21.2. The zero-order valence-electron chi connectivity index (χ0n) is 17.0. The molecule has 0 aliphatic carbocycles. The highest BCUT2D eigenvalue weighted by atomic mass is 32.2. The Morgan fingerprint density at radius 1 is 0.576 bits per heavy atom. The fourth-order valence-electron chi connectivity index (χ4n) is 2.83. The molecule has 0 radical (unpaired) electrons. The van der Waals surface area contributed by atoms with Gasteiger partial charge in [-0.1, -0.05) is 23.9 Å². The summed E-state index contributed by atoms with van der Waals surface area (Å²) in [6.07, 6.45) is 7.89. The SMILES string of the molecule is O=[N+]([O-])c1ccc(/C=C/c2ccc(Sc3ccc(/C=C/c4ccc([N+](=O)[O-])cc4)s3)s2)cc1. The Labute approximate surface area is 201 Å². The molecule has 164 valence electrons. The van der Waals surface area contributed by atoms with Crippen LogP contribution in [0.3, 0.4) is 0 Å². The largest absolute Gasteiger partial charge is 0.269 e. The van der Waals surface area contributed by atoms with Crippen molar-refractivity contribution in [3.05, 3.63) is 114 Å². The number of hydrogen-bond donors (Lipinski definition) is 0. The van der Waals surface area contributed by atoms with Crippen LogP contribution >= 0.6 is 34.4 Å². The van der Waals surface area contributed by atoms with Crippen LogP contribution in [0.15, 0.2) is 81.2 Å². The van der Waals surface area contributed by atoms with Gasteiger partial charge in [-0.3, -0.25) is 20.2 Å². The lowest BCUT2D eigenvalue weighted by molar-refractivity contribution is -0.385. The molecule has 0 bridgehead atoms. The Morgan fingerprint density at radius 3 is 1.33 bits per heavy atom. The van der Waals surface area contributed by atoms with Crippen LogP contribution in [0.1, 0.15) is 20.9 Å². The Balaban J connectivity index is 1.35. The third kappa shape index (κ3) is 6.26. The molecule has 0 aliphatic rings. The highest BCUT2D eigenvalue weighted by molar-refractivity contribution is 8.02. The first kappa shape index (κ1) is 22.7. The number of nitrogens with zero attached hydrogens (tertiary/aromatic N) is 2. The topological polar surface area (TPSA) is 86.3 Å². The second-order valence-corrected chi connectivity index (χ2v) is 10.6. The van der Waals surface area contributed by atoms with E-state index in [1.807, 2.05) is 24.3 Å². The van der Waals surface area contributed by atoms with E-state index < -0.39 is 9.85 Å². The zero-order chi connectivity index (χ0) is 23.2. The smallest absolute Gasteiger partial charge is 0.258 e. The van der Waals surface area contributed by atoms with E-state index in [0.717, 1.165) is 20.9 Å². The summed E-state index contributed by atoms with van der Waals surface area (Å²) in [5.41, 5.74) is 1.98. The molecule has 0 fully saturated rings. The van der Waals surface area contributed by atoms with Crippen LogP contribution in [0.25, 0.3) is 24.3 Å². The Hall–Kier alpha value is -3.53. The van der Waals surface area contributed by atoms with Gasteiger partial charge in [0, 0.05) is 34.0 Å². The number of nitro groups is 2.